The number of hydrogen-bond acceptors (Lipinski definition) is 5. The first-order valence-electron chi connectivity index (χ1n) is 2.94. The quantitative estimate of drug-likeness (QED) is 0.487. The number of rotatable bonds is 3. The van der Waals surface area contributed by atoms with Gasteiger partial charge in [0.05, 0.1) is 13.2 Å². The molecule has 0 bridgehead atoms. The summed E-state index contributed by atoms with van der Waals surface area (Å²) in [5.74, 6) is -0.577. The van der Waals surface area contributed by atoms with Crippen molar-refractivity contribution in [2.75, 3.05) is 7.11 Å². The van der Waals surface area contributed by atoms with E-state index in [4.69, 9.17) is 10.4 Å². The molecule has 0 aromatic rings. The van der Waals surface area contributed by atoms with Crippen LogP contribution in [0.25, 0.3) is 0 Å². The number of nitrogens with zero attached hydrogens (tertiary/aromatic N) is 1. The van der Waals surface area contributed by atoms with Gasteiger partial charge in [-0.1, -0.05) is 0 Å². The number of nitriles is 1. The zero-order valence-electron chi connectivity index (χ0n) is 6.27. The summed E-state index contributed by atoms with van der Waals surface area (Å²) in [6.07, 6.45) is -0.868. The van der Waals surface area contributed by atoms with Gasteiger partial charge in [-0.05, 0) is 18.7 Å². The molecule has 0 saturated heterocycles. The van der Waals surface area contributed by atoms with Crippen molar-refractivity contribution in [1.82, 2.24) is 0 Å². The van der Waals surface area contributed by atoms with Gasteiger partial charge in [-0.3, -0.25) is 4.79 Å². The Labute approximate surface area is 69.1 Å². The minimum absolute atomic E-state index is 0.577. The molecular weight excluding hydrogens is 166 g/mol. The fourth-order valence-corrected chi connectivity index (χ4v) is 1.02. The van der Waals surface area contributed by atoms with Gasteiger partial charge in [0.1, 0.15) is 10.7 Å². The number of aliphatic hydroxyl groups excluding tert-OH is 1. The summed E-state index contributed by atoms with van der Waals surface area (Å²) < 4.78 is 4.36. The molecule has 0 fully saturated rings. The topological polar surface area (TPSA) is 70.3 Å². The summed E-state index contributed by atoms with van der Waals surface area (Å²) in [7, 11) is 1.22. The Morgan fingerprint density at radius 2 is 2.36 bits per heavy atom. The number of hydrogen-bond donors (Lipinski definition) is 1. The minimum atomic E-state index is -0.868. The summed E-state index contributed by atoms with van der Waals surface area (Å²) in [6, 6.07) is 0. The average Bonchev–Trinajstić information content (AvgIpc) is 1.98. The van der Waals surface area contributed by atoms with Gasteiger partial charge in [0.15, 0.2) is 0 Å². The maximum atomic E-state index is 10.8. The summed E-state index contributed by atoms with van der Waals surface area (Å²) >= 11 is 0.698. The highest BCUT2D eigenvalue weighted by Crippen LogP contribution is 2.14. The van der Waals surface area contributed by atoms with Crippen molar-refractivity contribution in [2.45, 2.75) is 18.3 Å². The van der Waals surface area contributed by atoms with Crippen LogP contribution in [0, 0.1) is 10.7 Å². The van der Waals surface area contributed by atoms with E-state index in [1.165, 1.54) is 14.0 Å². The summed E-state index contributed by atoms with van der Waals surface area (Å²) in [5, 5.41) is 18.1. The fourth-order valence-electron chi connectivity index (χ4n) is 0.516. The Bertz CT molecular complexity index is 175. The first-order valence-corrected chi connectivity index (χ1v) is 3.82. The number of carbonyl (C=O) groups is 1. The third-order valence-corrected chi connectivity index (χ3v) is 2.00. The second-order valence-electron chi connectivity index (χ2n) is 1.89. The standard InChI is InChI=1S/C6H9NO3S/c1-4(8)5(11-3-7)6(9)10-2/h4-5,8H,1-2H3/t4-,5-/m0/s1. The highest BCUT2D eigenvalue weighted by Gasteiger charge is 2.24. The SMILES string of the molecule is COC(=O)[C@@H](SC#N)[C@H](C)O. The monoisotopic (exact) mass is 175 g/mol. The summed E-state index contributed by atoms with van der Waals surface area (Å²) in [6.45, 7) is 1.44. The zero-order chi connectivity index (χ0) is 8.85. The van der Waals surface area contributed by atoms with Crippen LogP contribution in [0.1, 0.15) is 6.92 Å². The van der Waals surface area contributed by atoms with Crippen molar-refractivity contribution in [3.63, 3.8) is 0 Å². The fraction of sp³-hybridized carbons (Fsp3) is 0.667. The van der Waals surface area contributed by atoms with E-state index >= 15 is 0 Å². The zero-order valence-corrected chi connectivity index (χ0v) is 7.09. The number of aliphatic hydroxyl groups is 1. The van der Waals surface area contributed by atoms with E-state index in [-0.39, 0.29) is 0 Å². The molecule has 0 rings (SSSR count). The summed E-state index contributed by atoms with van der Waals surface area (Å²) in [4.78, 5) is 10.8. The highest BCUT2D eigenvalue weighted by atomic mass is 32.2. The Kier molecular flexibility index (Phi) is 4.66. The van der Waals surface area contributed by atoms with Crippen molar-refractivity contribution in [1.29, 1.82) is 5.26 Å². The number of esters is 1. The lowest BCUT2D eigenvalue weighted by Crippen LogP contribution is -2.29. The molecule has 0 spiro atoms. The van der Waals surface area contributed by atoms with Gasteiger partial charge in [-0.2, -0.15) is 5.26 Å². The van der Waals surface area contributed by atoms with Crippen LogP contribution in [0.15, 0.2) is 0 Å². The van der Waals surface area contributed by atoms with E-state index in [1.54, 1.807) is 5.40 Å². The number of thiocyanates is 1. The lowest BCUT2D eigenvalue weighted by atomic mass is 10.3. The largest absolute Gasteiger partial charge is 0.468 e. The van der Waals surface area contributed by atoms with E-state index < -0.39 is 17.3 Å². The predicted octanol–water partition coefficient (Wildman–Crippen LogP) is 0.123. The van der Waals surface area contributed by atoms with E-state index in [2.05, 4.69) is 4.74 Å². The number of ether oxygens (including phenoxy) is 1. The van der Waals surface area contributed by atoms with Gasteiger partial charge in [0, 0.05) is 0 Å². The van der Waals surface area contributed by atoms with E-state index in [0.717, 1.165) is 0 Å². The molecule has 0 aliphatic heterocycles. The molecule has 0 aromatic carbocycles. The normalized spacial score (nSPS) is 14.7. The molecule has 2 atom stereocenters. The van der Waals surface area contributed by atoms with Crippen molar-refractivity contribution < 1.29 is 14.6 Å². The maximum Gasteiger partial charge on any atom is 0.322 e. The van der Waals surface area contributed by atoms with Crippen molar-refractivity contribution >= 4 is 17.7 Å². The molecule has 5 heteroatoms. The number of thioether (sulfide) groups is 1. The van der Waals surface area contributed by atoms with Crippen LogP contribution in [0.3, 0.4) is 0 Å². The van der Waals surface area contributed by atoms with Crippen LogP contribution >= 0.6 is 11.8 Å². The lowest BCUT2D eigenvalue weighted by Gasteiger charge is -2.11. The maximum absolute atomic E-state index is 10.8. The van der Waals surface area contributed by atoms with Crippen molar-refractivity contribution in [2.24, 2.45) is 0 Å². The van der Waals surface area contributed by atoms with Gasteiger partial charge in [0.25, 0.3) is 0 Å². The van der Waals surface area contributed by atoms with Crippen molar-refractivity contribution in [3.8, 4) is 5.40 Å². The smallest absolute Gasteiger partial charge is 0.322 e. The lowest BCUT2D eigenvalue weighted by molar-refractivity contribution is -0.141. The van der Waals surface area contributed by atoms with Crippen LogP contribution in [-0.4, -0.2) is 29.5 Å². The predicted molar refractivity (Wildman–Crippen MR) is 40.7 cm³/mol. The highest BCUT2D eigenvalue weighted by molar-refractivity contribution is 8.05. The van der Waals surface area contributed by atoms with Crippen molar-refractivity contribution in [3.05, 3.63) is 0 Å². The molecule has 0 radical (unpaired) electrons. The molecule has 0 amide bonds. The molecular formula is C6H9NO3S. The Balaban J connectivity index is 4.12. The first kappa shape index (κ1) is 10.3. The van der Waals surface area contributed by atoms with Gasteiger partial charge in [-0.15, -0.1) is 0 Å². The van der Waals surface area contributed by atoms with Crippen LogP contribution in [0.2, 0.25) is 0 Å². The minimum Gasteiger partial charge on any atom is -0.468 e. The molecule has 0 aromatic heterocycles. The second-order valence-corrected chi connectivity index (χ2v) is 2.82. The molecule has 0 saturated carbocycles. The summed E-state index contributed by atoms with van der Waals surface area (Å²) in [5.41, 5.74) is 0. The van der Waals surface area contributed by atoms with Crippen LogP contribution in [-0.2, 0) is 9.53 Å². The third kappa shape index (κ3) is 3.25. The Morgan fingerprint density at radius 1 is 1.82 bits per heavy atom. The van der Waals surface area contributed by atoms with E-state index in [9.17, 15) is 4.79 Å². The molecule has 0 unspecified atom stereocenters. The van der Waals surface area contributed by atoms with Gasteiger partial charge in [0.2, 0.25) is 0 Å². The first-order chi connectivity index (χ1) is 5.13. The molecule has 0 heterocycles. The van der Waals surface area contributed by atoms with Crippen LogP contribution in [0.5, 0.6) is 0 Å². The number of carbonyl (C=O) groups excluding carboxylic acids is 1. The number of methoxy groups -OCH3 is 1. The second kappa shape index (κ2) is 4.99. The molecule has 0 aliphatic carbocycles. The molecule has 1 N–H and O–H groups in total. The van der Waals surface area contributed by atoms with E-state index in [1.807, 2.05) is 0 Å². The molecule has 4 nitrogen and oxygen atoms in total. The van der Waals surface area contributed by atoms with E-state index in [0.29, 0.717) is 11.8 Å². The molecule has 11 heavy (non-hydrogen) atoms. The molecule has 0 aliphatic rings. The van der Waals surface area contributed by atoms with Gasteiger partial charge in [-0.25, -0.2) is 0 Å². The van der Waals surface area contributed by atoms with Gasteiger partial charge >= 0.3 is 5.97 Å². The Morgan fingerprint density at radius 3 is 2.64 bits per heavy atom. The van der Waals surface area contributed by atoms with Gasteiger partial charge < -0.3 is 9.84 Å². The van der Waals surface area contributed by atoms with Crippen LogP contribution in [0.4, 0.5) is 0 Å². The third-order valence-electron chi connectivity index (χ3n) is 1.05. The average molecular weight is 175 g/mol. The van der Waals surface area contributed by atoms with Crippen LogP contribution < -0.4 is 0 Å². The molecule has 62 valence electrons. The Hall–Kier alpha value is -0.730.